The summed E-state index contributed by atoms with van der Waals surface area (Å²) >= 11 is 0. The number of carbonyl (C=O) groups is 3. The highest BCUT2D eigenvalue weighted by molar-refractivity contribution is 5.90. The molecule has 0 saturated carbocycles. The van der Waals surface area contributed by atoms with Crippen LogP contribution in [0.25, 0.3) is 6.08 Å². The summed E-state index contributed by atoms with van der Waals surface area (Å²) in [5.74, 6) is -1.06. The van der Waals surface area contributed by atoms with Gasteiger partial charge in [0, 0.05) is 13.0 Å². The Morgan fingerprint density at radius 1 is 1.03 bits per heavy atom. The molecule has 1 rings (SSSR count). The number of hydroxylamine groups is 1. The number of likely N-dealkylation sites (N-methyl/N-ethyl adjacent to an activating group) is 1. The molecule has 3 N–H and O–H groups in total. The molecule has 1 aromatic carbocycles. The molecule has 2 atom stereocenters. The third-order valence-corrected chi connectivity index (χ3v) is 5.22. The second-order valence-electron chi connectivity index (χ2n) is 9.04. The Morgan fingerprint density at radius 3 is 2.18 bits per heavy atom. The van der Waals surface area contributed by atoms with Crippen LogP contribution in [0, 0.1) is 11.8 Å². The van der Waals surface area contributed by atoms with Gasteiger partial charge in [-0.05, 0) is 44.2 Å². The second kappa shape index (κ2) is 14.4. The van der Waals surface area contributed by atoms with Crippen molar-refractivity contribution >= 4 is 23.8 Å². The lowest BCUT2D eigenvalue weighted by molar-refractivity contribution is -0.176. The smallest absolute Gasteiger partial charge is 0.268 e. The fraction of sp³-hybridized carbons (Fsp3) is 0.560. The van der Waals surface area contributed by atoms with E-state index in [2.05, 4.69) is 5.32 Å². The van der Waals surface area contributed by atoms with Gasteiger partial charge in [-0.1, -0.05) is 70.2 Å². The van der Waals surface area contributed by atoms with Gasteiger partial charge in [0.25, 0.3) is 11.8 Å². The molecule has 0 heterocycles. The fourth-order valence-electron chi connectivity index (χ4n) is 3.27. The second-order valence-corrected chi connectivity index (χ2v) is 9.04. The summed E-state index contributed by atoms with van der Waals surface area (Å²) in [5.41, 5.74) is 2.63. The van der Waals surface area contributed by atoms with Crippen molar-refractivity contribution in [2.75, 3.05) is 13.6 Å². The number of nitrogens with zero attached hydrogens (tertiary/aromatic N) is 2. The highest BCUT2D eigenvalue weighted by atomic mass is 16.5. The number of amides is 3. The summed E-state index contributed by atoms with van der Waals surface area (Å²) in [6, 6.07) is 7.93. The Bertz CT molecular complexity index is 780. The average molecular weight is 461 g/mol. The molecule has 33 heavy (non-hydrogen) atoms. The summed E-state index contributed by atoms with van der Waals surface area (Å²) in [6.45, 7) is 9.88. The van der Waals surface area contributed by atoms with E-state index in [1.54, 1.807) is 25.5 Å². The van der Waals surface area contributed by atoms with Crippen molar-refractivity contribution in [3.05, 3.63) is 42.0 Å². The van der Waals surface area contributed by atoms with Crippen LogP contribution in [0.3, 0.4) is 0 Å². The van der Waals surface area contributed by atoms with Gasteiger partial charge in [0.2, 0.25) is 5.91 Å². The van der Waals surface area contributed by atoms with Gasteiger partial charge in [-0.25, -0.2) is 15.5 Å². The quantitative estimate of drug-likeness (QED) is 0.328. The van der Waals surface area contributed by atoms with Gasteiger partial charge >= 0.3 is 0 Å². The SMILES string of the molecule is CN[C@H](C)C(=O)N(CC(C)C)N(C(=O)CCC(C)C)[C@@H](CC=Cc1ccccc1)C(=O)NO. The Labute approximate surface area is 197 Å². The minimum absolute atomic E-state index is 0.0519. The van der Waals surface area contributed by atoms with E-state index in [9.17, 15) is 19.6 Å². The molecule has 0 fully saturated rings. The van der Waals surface area contributed by atoms with Crippen molar-refractivity contribution in [3.63, 3.8) is 0 Å². The van der Waals surface area contributed by atoms with Crippen LogP contribution in [-0.4, -0.2) is 58.6 Å². The van der Waals surface area contributed by atoms with E-state index < -0.39 is 18.0 Å². The van der Waals surface area contributed by atoms with Crippen LogP contribution in [0.5, 0.6) is 0 Å². The normalized spacial score (nSPS) is 13.2. The third kappa shape index (κ3) is 9.35. The molecule has 0 saturated heterocycles. The number of nitrogens with one attached hydrogen (secondary N) is 2. The highest BCUT2D eigenvalue weighted by Crippen LogP contribution is 2.19. The van der Waals surface area contributed by atoms with Crippen molar-refractivity contribution in [1.82, 2.24) is 20.8 Å². The van der Waals surface area contributed by atoms with Gasteiger partial charge in [-0.2, -0.15) is 0 Å². The molecule has 8 heteroatoms. The average Bonchev–Trinajstić information content (AvgIpc) is 2.79. The van der Waals surface area contributed by atoms with Crippen LogP contribution in [0.1, 0.15) is 59.4 Å². The third-order valence-electron chi connectivity index (χ3n) is 5.22. The molecule has 0 radical (unpaired) electrons. The number of benzene rings is 1. The van der Waals surface area contributed by atoms with Crippen LogP contribution >= 0.6 is 0 Å². The molecular weight excluding hydrogens is 420 g/mol. The molecule has 8 nitrogen and oxygen atoms in total. The Morgan fingerprint density at radius 2 is 1.67 bits per heavy atom. The van der Waals surface area contributed by atoms with Gasteiger partial charge in [-0.3, -0.25) is 19.6 Å². The summed E-state index contributed by atoms with van der Waals surface area (Å²) in [6.07, 6.45) is 4.56. The molecule has 0 bridgehead atoms. The van der Waals surface area contributed by atoms with E-state index in [0.717, 1.165) is 5.56 Å². The minimum atomic E-state index is -1.08. The number of rotatable bonds is 12. The predicted octanol–water partition coefficient (Wildman–Crippen LogP) is 3.24. The molecule has 1 aromatic rings. The standard InChI is InChI=1S/C25H40N4O4/c1-18(2)15-16-23(30)29(28(17-19(3)4)25(32)20(5)26-6)22(24(31)27-33)14-10-13-21-11-8-7-9-12-21/h7-13,18-20,22,26,33H,14-17H2,1-6H3,(H,27,31)/t20-,22+/m1/s1. The highest BCUT2D eigenvalue weighted by Gasteiger charge is 2.37. The van der Waals surface area contributed by atoms with Crippen LogP contribution in [0.4, 0.5) is 0 Å². The molecule has 0 aliphatic carbocycles. The summed E-state index contributed by atoms with van der Waals surface area (Å²) < 4.78 is 0. The zero-order valence-corrected chi connectivity index (χ0v) is 20.7. The van der Waals surface area contributed by atoms with Gasteiger partial charge in [0.1, 0.15) is 6.04 Å². The van der Waals surface area contributed by atoms with E-state index in [1.165, 1.54) is 10.0 Å². The van der Waals surface area contributed by atoms with Crippen molar-refractivity contribution in [2.45, 2.75) is 66.0 Å². The van der Waals surface area contributed by atoms with E-state index in [0.29, 0.717) is 6.42 Å². The lowest BCUT2D eigenvalue weighted by atomic mass is 10.1. The number of carbonyl (C=O) groups excluding carboxylic acids is 3. The first-order valence-electron chi connectivity index (χ1n) is 11.6. The molecule has 3 amide bonds. The molecule has 184 valence electrons. The topological polar surface area (TPSA) is 102 Å². The van der Waals surface area contributed by atoms with Gasteiger partial charge in [-0.15, -0.1) is 0 Å². The molecule has 0 aliphatic rings. The number of hydrogen-bond donors (Lipinski definition) is 3. The number of hydrazine groups is 1. The van der Waals surface area contributed by atoms with Gasteiger partial charge < -0.3 is 5.32 Å². The van der Waals surface area contributed by atoms with Crippen molar-refractivity contribution in [1.29, 1.82) is 0 Å². The molecule has 0 unspecified atom stereocenters. The predicted molar refractivity (Wildman–Crippen MR) is 130 cm³/mol. The number of hydrogen-bond acceptors (Lipinski definition) is 5. The van der Waals surface area contributed by atoms with Crippen molar-refractivity contribution in [2.24, 2.45) is 11.8 Å². The first-order chi connectivity index (χ1) is 15.6. The van der Waals surface area contributed by atoms with Crippen LogP contribution < -0.4 is 10.8 Å². The van der Waals surface area contributed by atoms with E-state index >= 15 is 0 Å². The van der Waals surface area contributed by atoms with Crippen molar-refractivity contribution in [3.8, 4) is 0 Å². The van der Waals surface area contributed by atoms with E-state index in [-0.39, 0.29) is 43.0 Å². The molecule has 0 aliphatic heterocycles. The van der Waals surface area contributed by atoms with Crippen LogP contribution in [0.2, 0.25) is 0 Å². The Balaban J connectivity index is 3.40. The van der Waals surface area contributed by atoms with Crippen molar-refractivity contribution < 1.29 is 19.6 Å². The van der Waals surface area contributed by atoms with Crippen LogP contribution in [0.15, 0.2) is 36.4 Å². The molecule has 0 spiro atoms. The maximum Gasteiger partial charge on any atom is 0.268 e. The summed E-state index contributed by atoms with van der Waals surface area (Å²) in [7, 11) is 1.67. The lowest BCUT2D eigenvalue weighted by Gasteiger charge is -2.41. The molecular formula is C25H40N4O4. The lowest BCUT2D eigenvalue weighted by Crippen LogP contribution is -2.62. The Hall–Kier alpha value is -2.71. The minimum Gasteiger partial charge on any atom is -0.309 e. The summed E-state index contributed by atoms with van der Waals surface area (Å²) in [4.78, 5) is 39.4. The fourth-order valence-corrected chi connectivity index (χ4v) is 3.27. The maximum atomic E-state index is 13.4. The largest absolute Gasteiger partial charge is 0.309 e. The van der Waals surface area contributed by atoms with Crippen LogP contribution in [-0.2, 0) is 14.4 Å². The zero-order valence-electron chi connectivity index (χ0n) is 20.7. The first-order valence-corrected chi connectivity index (χ1v) is 11.6. The summed E-state index contributed by atoms with van der Waals surface area (Å²) in [5, 5.41) is 15.0. The zero-order chi connectivity index (χ0) is 25.0. The monoisotopic (exact) mass is 460 g/mol. The van der Waals surface area contributed by atoms with Gasteiger partial charge in [0.05, 0.1) is 6.04 Å². The Kier molecular flexibility index (Phi) is 12.4. The first kappa shape index (κ1) is 28.3. The molecule has 0 aromatic heterocycles. The van der Waals surface area contributed by atoms with Gasteiger partial charge in [0.15, 0.2) is 0 Å². The van der Waals surface area contributed by atoms with E-state index in [1.807, 2.05) is 64.1 Å². The van der Waals surface area contributed by atoms with E-state index in [4.69, 9.17) is 0 Å². The maximum absolute atomic E-state index is 13.4.